The first-order valence-corrected chi connectivity index (χ1v) is 12.3. The number of anilines is 1. The van der Waals surface area contributed by atoms with Gasteiger partial charge in [0.1, 0.15) is 0 Å². The number of carbonyl (C=O) groups is 1. The second kappa shape index (κ2) is 8.85. The molecule has 1 amide bonds. The lowest BCUT2D eigenvalue weighted by Gasteiger charge is -2.19. The lowest BCUT2D eigenvalue weighted by atomic mass is 10.1. The van der Waals surface area contributed by atoms with E-state index < -0.39 is 10.0 Å². The molecule has 8 heteroatoms. The van der Waals surface area contributed by atoms with Crippen molar-refractivity contribution in [2.45, 2.75) is 25.2 Å². The van der Waals surface area contributed by atoms with Gasteiger partial charge in [-0.05, 0) is 66.3 Å². The number of halogens is 1. The quantitative estimate of drug-likeness (QED) is 0.486. The predicted molar refractivity (Wildman–Crippen MR) is 123 cm³/mol. The highest BCUT2D eigenvalue weighted by Crippen LogP contribution is 2.31. The van der Waals surface area contributed by atoms with E-state index in [1.54, 1.807) is 36.4 Å². The van der Waals surface area contributed by atoms with Gasteiger partial charge in [-0.15, -0.1) is 11.3 Å². The highest BCUT2D eigenvalue weighted by atomic mass is 79.9. The molecule has 1 N–H and O–H groups in total. The Kier molecular flexibility index (Phi) is 6.65. The Hall–Kier alpha value is -1.90. The van der Waals surface area contributed by atoms with Crippen LogP contribution in [0.1, 0.15) is 29.9 Å². The molecule has 3 aromatic rings. The number of carbonyl (C=O) groups excluding carboxylic acids is 1. The summed E-state index contributed by atoms with van der Waals surface area (Å²) in [6.07, 6.45) is 0.930. The number of fused-ring (bicyclic) bond motifs is 1. The van der Waals surface area contributed by atoms with E-state index in [-0.39, 0.29) is 10.8 Å². The van der Waals surface area contributed by atoms with Gasteiger partial charge in [-0.25, -0.2) is 8.42 Å². The third-order valence-corrected chi connectivity index (χ3v) is 8.01. The molecule has 0 atom stereocenters. The summed E-state index contributed by atoms with van der Waals surface area (Å²) in [6.45, 7) is 4.88. The molecule has 0 fully saturated rings. The van der Waals surface area contributed by atoms with Crippen LogP contribution in [0.2, 0.25) is 0 Å². The minimum Gasteiger partial charge on any atom is -0.351 e. The van der Waals surface area contributed by atoms with Crippen LogP contribution in [0.25, 0.3) is 10.1 Å². The standard InChI is InChI=1S/C21H23BrN2O3S2/c1-14(2)10-11-23-21(25)20-13-15-12-17(6-9-19(15)28-20)24(3)29(26,27)18-7-4-16(22)5-8-18/h4-9,12-14H,10-11H2,1-3H3,(H,23,25). The van der Waals surface area contributed by atoms with Crippen molar-refractivity contribution in [2.75, 3.05) is 17.9 Å². The SMILES string of the molecule is CC(C)CCNC(=O)c1cc2cc(N(C)S(=O)(=O)c3ccc(Br)cc3)ccc2s1. The van der Waals surface area contributed by atoms with E-state index >= 15 is 0 Å². The molecule has 0 saturated carbocycles. The topological polar surface area (TPSA) is 66.5 Å². The van der Waals surface area contributed by atoms with E-state index in [1.165, 1.54) is 22.7 Å². The number of amides is 1. The summed E-state index contributed by atoms with van der Waals surface area (Å²) in [6, 6.07) is 13.8. The molecule has 1 aromatic heterocycles. The van der Waals surface area contributed by atoms with Gasteiger partial charge in [-0.2, -0.15) is 0 Å². The average Bonchev–Trinajstić information content (AvgIpc) is 3.10. The zero-order chi connectivity index (χ0) is 21.2. The monoisotopic (exact) mass is 494 g/mol. The van der Waals surface area contributed by atoms with Crippen molar-refractivity contribution < 1.29 is 13.2 Å². The van der Waals surface area contributed by atoms with Gasteiger partial charge >= 0.3 is 0 Å². The van der Waals surface area contributed by atoms with E-state index in [4.69, 9.17) is 0 Å². The smallest absolute Gasteiger partial charge is 0.264 e. The molecular formula is C21H23BrN2O3S2. The van der Waals surface area contributed by atoms with Crippen LogP contribution in [0.4, 0.5) is 5.69 Å². The normalized spacial score (nSPS) is 11.8. The number of hydrogen-bond acceptors (Lipinski definition) is 4. The maximum Gasteiger partial charge on any atom is 0.264 e. The summed E-state index contributed by atoms with van der Waals surface area (Å²) in [5, 5.41) is 3.79. The Labute approximate surface area is 183 Å². The van der Waals surface area contributed by atoms with Gasteiger partial charge in [-0.3, -0.25) is 9.10 Å². The summed E-state index contributed by atoms with van der Waals surface area (Å²) < 4.78 is 28.9. The highest BCUT2D eigenvalue weighted by molar-refractivity contribution is 9.10. The largest absolute Gasteiger partial charge is 0.351 e. The van der Waals surface area contributed by atoms with Crippen molar-refractivity contribution in [2.24, 2.45) is 5.92 Å². The molecule has 5 nitrogen and oxygen atoms in total. The molecule has 2 aromatic carbocycles. The third-order valence-electron chi connectivity index (χ3n) is 4.57. The zero-order valence-electron chi connectivity index (χ0n) is 16.5. The van der Waals surface area contributed by atoms with Gasteiger partial charge in [0, 0.05) is 22.8 Å². The summed E-state index contributed by atoms with van der Waals surface area (Å²) in [5.41, 5.74) is 0.546. The molecule has 154 valence electrons. The molecule has 1 heterocycles. The van der Waals surface area contributed by atoms with Crippen LogP contribution in [0, 0.1) is 5.92 Å². The van der Waals surface area contributed by atoms with Crippen LogP contribution in [0.3, 0.4) is 0 Å². The first-order valence-electron chi connectivity index (χ1n) is 9.25. The summed E-state index contributed by atoms with van der Waals surface area (Å²) in [4.78, 5) is 13.2. The lowest BCUT2D eigenvalue weighted by molar-refractivity contribution is 0.0956. The maximum atomic E-state index is 12.9. The van der Waals surface area contributed by atoms with Crippen molar-refractivity contribution in [3.05, 3.63) is 57.9 Å². The van der Waals surface area contributed by atoms with E-state index in [0.29, 0.717) is 23.0 Å². The Morgan fingerprint density at radius 1 is 1.14 bits per heavy atom. The molecule has 0 saturated heterocycles. The van der Waals surface area contributed by atoms with Gasteiger partial charge in [0.25, 0.3) is 15.9 Å². The van der Waals surface area contributed by atoms with E-state index in [9.17, 15) is 13.2 Å². The Morgan fingerprint density at radius 2 is 1.83 bits per heavy atom. The fraction of sp³-hybridized carbons (Fsp3) is 0.286. The van der Waals surface area contributed by atoms with Crippen molar-refractivity contribution in [3.8, 4) is 0 Å². The first-order chi connectivity index (χ1) is 13.7. The number of hydrogen-bond donors (Lipinski definition) is 1. The lowest BCUT2D eigenvalue weighted by Crippen LogP contribution is -2.26. The molecule has 0 aliphatic heterocycles. The molecule has 0 bridgehead atoms. The summed E-state index contributed by atoms with van der Waals surface area (Å²) in [7, 11) is -2.14. The van der Waals surface area contributed by atoms with Crippen LogP contribution < -0.4 is 9.62 Å². The molecule has 0 unspecified atom stereocenters. The van der Waals surface area contributed by atoms with Crippen molar-refractivity contribution in [1.82, 2.24) is 5.32 Å². The van der Waals surface area contributed by atoms with Crippen LogP contribution in [0.5, 0.6) is 0 Å². The number of rotatable bonds is 7. The Balaban J connectivity index is 1.83. The van der Waals surface area contributed by atoms with Gasteiger partial charge in [0.2, 0.25) is 0 Å². The van der Waals surface area contributed by atoms with Crippen molar-refractivity contribution >= 4 is 59.0 Å². The average molecular weight is 495 g/mol. The summed E-state index contributed by atoms with van der Waals surface area (Å²) in [5.74, 6) is 0.438. The minimum atomic E-state index is -3.67. The van der Waals surface area contributed by atoms with Crippen LogP contribution >= 0.6 is 27.3 Å². The number of nitrogens with one attached hydrogen (secondary N) is 1. The predicted octanol–water partition coefficient (Wildman–Crippen LogP) is 5.26. The van der Waals surface area contributed by atoms with Crippen LogP contribution in [-0.2, 0) is 10.0 Å². The van der Waals surface area contributed by atoms with Crippen molar-refractivity contribution in [1.29, 1.82) is 0 Å². The van der Waals surface area contributed by atoms with E-state index in [2.05, 4.69) is 35.1 Å². The number of nitrogens with zero attached hydrogens (tertiary/aromatic N) is 1. The fourth-order valence-electron chi connectivity index (χ4n) is 2.80. The van der Waals surface area contributed by atoms with Gasteiger partial charge in [0.05, 0.1) is 15.5 Å². The van der Waals surface area contributed by atoms with E-state index in [1.807, 2.05) is 12.1 Å². The fourth-order valence-corrected chi connectivity index (χ4v) is 5.21. The maximum absolute atomic E-state index is 12.9. The highest BCUT2D eigenvalue weighted by Gasteiger charge is 2.22. The summed E-state index contributed by atoms with van der Waals surface area (Å²) >= 11 is 4.72. The number of thiophene rings is 1. The third kappa shape index (κ3) is 4.99. The molecular weight excluding hydrogens is 472 g/mol. The Morgan fingerprint density at radius 3 is 2.48 bits per heavy atom. The van der Waals surface area contributed by atoms with Gasteiger partial charge in [-0.1, -0.05) is 29.8 Å². The van der Waals surface area contributed by atoms with Gasteiger partial charge < -0.3 is 5.32 Å². The van der Waals surface area contributed by atoms with Gasteiger partial charge in [0.15, 0.2) is 0 Å². The van der Waals surface area contributed by atoms with Crippen LogP contribution in [0.15, 0.2) is 57.9 Å². The minimum absolute atomic E-state index is 0.0933. The molecule has 3 rings (SSSR count). The first kappa shape index (κ1) is 21.8. The molecule has 0 spiro atoms. The second-order valence-electron chi connectivity index (χ2n) is 7.20. The Bertz CT molecular complexity index is 1120. The number of sulfonamides is 1. The van der Waals surface area contributed by atoms with E-state index in [0.717, 1.165) is 21.0 Å². The zero-order valence-corrected chi connectivity index (χ0v) is 19.7. The molecule has 0 aliphatic carbocycles. The second-order valence-corrected chi connectivity index (χ2v) is 11.2. The molecule has 29 heavy (non-hydrogen) atoms. The number of benzene rings is 2. The molecule has 0 radical (unpaired) electrons. The molecule has 0 aliphatic rings. The van der Waals surface area contributed by atoms with Crippen LogP contribution in [-0.4, -0.2) is 27.9 Å². The van der Waals surface area contributed by atoms with Crippen molar-refractivity contribution in [3.63, 3.8) is 0 Å².